The van der Waals surface area contributed by atoms with Crippen molar-refractivity contribution in [2.75, 3.05) is 6.61 Å². The van der Waals surface area contributed by atoms with Gasteiger partial charge in [0.25, 0.3) is 5.69 Å². The molecule has 0 fully saturated rings. The molecule has 37 heavy (non-hydrogen) atoms. The van der Waals surface area contributed by atoms with E-state index >= 15 is 0 Å². The highest BCUT2D eigenvalue weighted by molar-refractivity contribution is 5.50. The lowest BCUT2D eigenvalue weighted by atomic mass is 9.77. The van der Waals surface area contributed by atoms with Crippen molar-refractivity contribution in [1.29, 1.82) is 0 Å². The maximum absolute atomic E-state index is 11.0. The van der Waals surface area contributed by atoms with Gasteiger partial charge in [-0.1, -0.05) is 97.1 Å². The Morgan fingerprint density at radius 2 is 1.35 bits per heavy atom. The number of imidazole rings is 1. The summed E-state index contributed by atoms with van der Waals surface area (Å²) in [6.45, 7) is 0.440. The average Bonchev–Trinajstić information content (AvgIpc) is 3.43. The Kier molecular flexibility index (Phi) is 7.08. The molecule has 6 nitrogen and oxygen atoms in total. The molecule has 0 radical (unpaired) electrons. The molecule has 0 aliphatic rings. The number of hydrogen-bond donors (Lipinski definition) is 0. The molecule has 0 aliphatic heterocycles. The lowest BCUT2D eigenvalue weighted by Gasteiger charge is -2.37. The third-order valence-electron chi connectivity index (χ3n) is 6.47. The lowest BCUT2D eigenvalue weighted by molar-refractivity contribution is -0.384. The third kappa shape index (κ3) is 5.00. The number of ether oxygens (including phenoxy) is 1. The van der Waals surface area contributed by atoms with Gasteiger partial charge in [0.05, 0.1) is 29.6 Å². The standard InChI is InChI=1S/C31H27N3O3/c35-34(36)29-19-10-20-30(22-29)37-21-11-18-28-23-33(24-32-28)31(25-12-4-1-5-13-25,26-14-6-2-7-15-26)27-16-8-3-9-17-27/h1-10,12-17,19-20,22-24H,11,18,21H2. The first-order chi connectivity index (χ1) is 18.2. The Balaban J connectivity index is 1.43. The molecule has 184 valence electrons. The van der Waals surface area contributed by atoms with Gasteiger partial charge in [-0.25, -0.2) is 4.98 Å². The van der Waals surface area contributed by atoms with Gasteiger partial charge in [0, 0.05) is 12.3 Å². The number of non-ortho nitro benzene ring substituents is 1. The molecular weight excluding hydrogens is 462 g/mol. The second-order valence-corrected chi connectivity index (χ2v) is 8.79. The van der Waals surface area contributed by atoms with Crippen molar-refractivity contribution in [1.82, 2.24) is 9.55 Å². The quantitative estimate of drug-likeness (QED) is 0.0954. The van der Waals surface area contributed by atoms with Crippen LogP contribution in [-0.4, -0.2) is 21.1 Å². The molecule has 1 heterocycles. The summed E-state index contributed by atoms with van der Waals surface area (Å²) in [4.78, 5) is 15.3. The molecular formula is C31H27N3O3. The van der Waals surface area contributed by atoms with Gasteiger partial charge in [0.2, 0.25) is 0 Å². The fourth-order valence-electron chi connectivity index (χ4n) is 4.79. The van der Waals surface area contributed by atoms with E-state index in [2.05, 4.69) is 83.6 Å². The van der Waals surface area contributed by atoms with Crippen molar-refractivity contribution in [3.05, 3.63) is 160 Å². The number of aryl methyl sites for hydroxylation is 1. The van der Waals surface area contributed by atoms with Gasteiger partial charge in [0.15, 0.2) is 0 Å². The van der Waals surface area contributed by atoms with Gasteiger partial charge in [-0.05, 0) is 35.6 Å². The van der Waals surface area contributed by atoms with E-state index in [1.54, 1.807) is 12.1 Å². The Bertz CT molecular complexity index is 1350. The highest BCUT2D eigenvalue weighted by Crippen LogP contribution is 2.40. The fraction of sp³-hybridized carbons (Fsp3) is 0.129. The van der Waals surface area contributed by atoms with E-state index in [0.717, 1.165) is 35.2 Å². The van der Waals surface area contributed by atoms with E-state index in [1.165, 1.54) is 12.1 Å². The number of rotatable bonds is 10. The second kappa shape index (κ2) is 10.9. The maximum Gasteiger partial charge on any atom is 0.273 e. The molecule has 5 aromatic rings. The Labute approximate surface area is 216 Å². The topological polar surface area (TPSA) is 70.2 Å². The van der Waals surface area contributed by atoms with E-state index < -0.39 is 10.5 Å². The molecule has 0 spiro atoms. The molecule has 0 aliphatic carbocycles. The average molecular weight is 490 g/mol. The zero-order valence-corrected chi connectivity index (χ0v) is 20.3. The van der Waals surface area contributed by atoms with E-state index in [4.69, 9.17) is 9.72 Å². The summed E-state index contributed by atoms with van der Waals surface area (Å²) in [5.74, 6) is 0.496. The first kappa shape index (κ1) is 24.0. The predicted molar refractivity (Wildman–Crippen MR) is 144 cm³/mol. The van der Waals surface area contributed by atoms with Crippen LogP contribution < -0.4 is 4.74 Å². The van der Waals surface area contributed by atoms with Crippen LogP contribution >= 0.6 is 0 Å². The second-order valence-electron chi connectivity index (χ2n) is 8.79. The number of nitrogens with zero attached hydrogens (tertiary/aromatic N) is 3. The zero-order valence-electron chi connectivity index (χ0n) is 20.3. The molecule has 1 aromatic heterocycles. The smallest absolute Gasteiger partial charge is 0.273 e. The summed E-state index contributed by atoms with van der Waals surface area (Å²) in [5.41, 5.74) is 3.82. The summed E-state index contributed by atoms with van der Waals surface area (Å²) in [5, 5.41) is 11.0. The van der Waals surface area contributed by atoms with Crippen LogP contribution in [0.1, 0.15) is 28.8 Å². The van der Waals surface area contributed by atoms with Crippen LogP contribution in [0.2, 0.25) is 0 Å². The largest absolute Gasteiger partial charge is 0.493 e. The summed E-state index contributed by atoms with van der Waals surface area (Å²) >= 11 is 0. The monoisotopic (exact) mass is 489 g/mol. The van der Waals surface area contributed by atoms with Crippen LogP contribution in [0.5, 0.6) is 5.75 Å². The number of hydrogen-bond acceptors (Lipinski definition) is 4. The molecule has 0 N–H and O–H groups in total. The molecule has 0 bridgehead atoms. The first-order valence-electron chi connectivity index (χ1n) is 12.2. The number of benzene rings is 4. The van der Waals surface area contributed by atoms with Crippen molar-refractivity contribution >= 4 is 5.69 Å². The Morgan fingerprint density at radius 1 is 0.784 bits per heavy atom. The van der Waals surface area contributed by atoms with Gasteiger partial charge in [-0.15, -0.1) is 0 Å². The van der Waals surface area contributed by atoms with Gasteiger partial charge in [-0.3, -0.25) is 10.1 Å². The summed E-state index contributed by atoms with van der Waals surface area (Å²) < 4.78 is 7.96. The van der Waals surface area contributed by atoms with Crippen LogP contribution in [0, 0.1) is 10.1 Å². The normalized spacial score (nSPS) is 11.2. The minimum absolute atomic E-state index is 0.0234. The summed E-state index contributed by atoms with van der Waals surface area (Å²) in [7, 11) is 0. The molecule has 5 rings (SSSR count). The highest BCUT2D eigenvalue weighted by atomic mass is 16.6. The Hall–Kier alpha value is -4.71. The van der Waals surface area contributed by atoms with Crippen molar-refractivity contribution < 1.29 is 9.66 Å². The molecule has 0 unspecified atom stereocenters. The number of nitro benzene ring substituents is 1. The minimum Gasteiger partial charge on any atom is -0.493 e. The van der Waals surface area contributed by atoms with E-state index in [0.29, 0.717) is 12.4 Å². The zero-order chi connectivity index (χ0) is 25.5. The number of aromatic nitrogens is 2. The molecule has 0 saturated heterocycles. The van der Waals surface area contributed by atoms with Crippen LogP contribution in [0.4, 0.5) is 5.69 Å². The van der Waals surface area contributed by atoms with Gasteiger partial charge in [-0.2, -0.15) is 0 Å². The Morgan fingerprint density at radius 3 is 1.89 bits per heavy atom. The third-order valence-corrected chi connectivity index (χ3v) is 6.47. The van der Waals surface area contributed by atoms with Crippen molar-refractivity contribution in [3.8, 4) is 5.75 Å². The maximum atomic E-state index is 11.0. The van der Waals surface area contributed by atoms with Crippen LogP contribution in [0.25, 0.3) is 0 Å². The van der Waals surface area contributed by atoms with Crippen molar-refractivity contribution in [2.45, 2.75) is 18.4 Å². The molecule has 0 atom stereocenters. The van der Waals surface area contributed by atoms with Crippen molar-refractivity contribution in [2.24, 2.45) is 0 Å². The van der Waals surface area contributed by atoms with E-state index in [1.807, 2.05) is 24.5 Å². The molecule has 0 amide bonds. The molecule has 6 heteroatoms. The van der Waals surface area contributed by atoms with Crippen LogP contribution in [-0.2, 0) is 12.0 Å². The first-order valence-corrected chi connectivity index (χ1v) is 12.2. The van der Waals surface area contributed by atoms with Gasteiger partial charge >= 0.3 is 0 Å². The SMILES string of the molecule is O=[N+]([O-])c1cccc(OCCCc2cn(C(c3ccccc3)(c3ccccc3)c3ccccc3)cn2)c1. The summed E-state index contributed by atoms with van der Waals surface area (Å²) in [6, 6.07) is 37.7. The fourth-order valence-corrected chi connectivity index (χ4v) is 4.79. The minimum atomic E-state index is -0.589. The van der Waals surface area contributed by atoms with Crippen LogP contribution in [0.15, 0.2) is 128 Å². The highest BCUT2D eigenvalue weighted by Gasteiger charge is 2.38. The van der Waals surface area contributed by atoms with Crippen LogP contribution in [0.3, 0.4) is 0 Å². The molecule has 0 saturated carbocycles. The molecule has 4 aromatic carbocycles. The van der Waals surface area contributed by atoms with E-state index in [-0.39, 0.29) is 5.69 Å². The lowest BCUT2D eigenvalue weighted by Crippen LogP contribution is -2.36. The van der Waals surface area contributed by atoms with Gasteiger partial charge in [0.1, 0.15) is 11.3 Å². The van der Waals surface area contributed by atoms with Gasteiger partial charge < -0.3 is 9.30 Å². The van der Waals surface area contributed by atoms with Crippen molar-refractivity contribution in [3.63, 3.8) is 0 Å². The number of nitro groups is 1. The van der Waals surface area contributed by atoms with E-state index in [9.17, 15) is 10.1 Å². The predicted octanol–water partition coefficient (Wildman–Crippen LogP) is 6.64. The summed E-state index contributed by atoms with van der Waals surface area (Å²) in [6.07, 6.45) is 5.47.